The fraction of sp³-hybridized carbons (Fsp3) is 0.500. The van der Waals surface area contributed by atoms with Crippen LogP contribution in [-0.4, -0.2) is 56.7 Å². The van der Waals surface area contributed by atoms with E-state index in [1.807, 2.05) is 42.2 Å². The number of benzene rings is 1. The Morgan fingerprint density at radius 3 is 2.88 bits per heavy atom. The van der Waals surface area contributed by atoms with Crippen molar-refractivity contribution in [2.75, 3.05) is 25.0 Å². The van der Waals surface area contributed by atoms with Gasteiger partial charge in [0.25, 0.3) is 0 Å². The van der Waals surface area contributed by atoms with Crippen molar-refractivity contribution < 1.29 is 4.79 Å². The molecule has 24 heavy (non-hydrogen) atoms. The van der Waals surface area contributed by atoms with Crippen molar-refractivity contribution in [2.45, 2.75) is 25.8 Å². The Labute approximate surface area is 141 Å². The van der Waals surface area contributed by atoms with Crippen LogP contribution in [0.25, 0.3) is 5.69 Å². The number of hydrogen-bond acceptors (Lipinski definition) is 6. The zero-order chi connectivity index (χ0) is 16.9. The molecule has 0 radical (unpaired) electrons. The van der Waals surface area contributed by atoms with Crippen molar-refractivity contribution >= 4 is 11.9 Å². The van der Waals surface area contributed by atoms with Crippen molar-refractivity contribution in [3.8, 4) is 5.69 Å². The van der Waals surface area contributed by atoms with E-state index in [0.717, 1.165) is 25.2 Å². The highest BCUT2D eigenvalue weighted by atomic mass is 16.2. The van der Waals surface area contributed by atoms with E-state index in [4.69, 9.17) is 5.73 Å². The molecule has 8 heteroatoms. The van der Waals surface area contributed by atoms with Gasteiger partial charge in [-0.2, -0.15) is 4.68 Å². The minimum Gasteiger partial charge on any atom is -0.341 e. The maximum absolute atomic E-state index is 12.8. The lowest BCUT2D eigenvalue weighted by molar-refractivity contribution is -0.131. The highest BCUT2D eigenvalue weighted by molar-refractivity contribution is 5.84. The predicted molar refractivity (Wildman–Crippen MR) is 90.6 cm³/mol. The van der Waals surface area contributed by atoms with Crippen LogP contribution in [0.5, 0.6) is 0 Å². The fourth-order valence-corrected chi connectivity index (χ4v) is 2.96. The molecule has 0 spiro atoms. The average Bonchev–Trinajstić information content (AvgIpc) is 3.29. The monoisotopic (exact) mass is 329 g/mol. The topological polar surface area (TPSA) is 102 Å². The average molecular weight is 329 g/mol. The molecule has 1 aliphatic heterocycles. The first-order valence-electron chi connectivity index (χ1n) is 8.32. The van der Waals surface area contributed by atoms with Crippen LogP contribution in [0.2, 0.25) is 0 Å². The number of tetrazole rings is 1. The molecule has 1 saturated heterocycles. The van der Waals surface area contributed by atoms with Crippen LogP contribution >= 0.6 is 0 Å². The molecular weight excluding hydrogens is 306 g/mol. The van der Waals surface area contributed by atoms with E-state index in [2.05, 4.69) is 20.8 Å². The maximum Gasteiger partial charge on any atom is 0.248 e. The summed E-state index contributed by atoms with van der Waals surface area (Å²) in [6.07, 6.45) is 1.63. The number of carbonyl (C=O) groups excluding carboxylic acids is 1. The lowest BCUT2D eigenvalue weighted by Crippen LogP contribution is -2.42. The third-order valence-electron chi connectivity index (χ3n) is 4.41. The number of amides is 1. The maximum atomic E-state index is 12.8. The van der Waals surface area contributed by atoms with Crippen LogP contribution in [0, 0.1) is 5.92 Å². The van der Waals surface area contributed by atoms with Crippen molar-refractivity contribution in [2.24, 2.45) is 11.7 Å². The molecule has 2 unspecified atom stereocenters. The number of rotatable bonds is 6. The summed E-state index contributed by atoms with van der Waals surface area (Å²) in [4.78, 5) is 14.6. The molecule has 1 amide bonds. The summed E-state index contributed by atoms with van der Waals surface area (Å²) in [5.74, 6) is 0.952. The molecule has 1 fully saturated rings. The first kappa shape index (κ1) is 16.4. The van der Waals surface area contributed by atoms with E-state index in [9.17, 15) is 4.79 Å². The first-order chi connectivity index (χ1) is 11.7. The SMILES string of the molecule is CCC(Nc1nnnn1-c1ccccc1)C(=O)N1CCC(CN)C1. The van der Waals surface area contributed by atoms with Crippen LogP contribution < -0.4 is 11.1 Å². The minimum absolute atomic E-state index is 0.0797. The molecule has 1 aromatic heterocycles. The molecule has 2 atom stereocenters. The first-order valence-corrected chi connectivity index (χ1v) is 8.32. The van der Waals surface area contributed by atoms with Gasteiger partial charge in [-0.15, -0.1) is 0 Å². The van der Waals surface area contributed by atoms with Gasteiger partial charge in [-0.3, -0.25) is 4.79 Å². The van der Waals surface area contributed by atoms with Crippen LogP contribution in [0.3, 0.4) is 0 Å². The molecule has 1 aromatic carbocycles. The van der Waals surface area contributed by atoms with E-state index >= 15 is 0 Å². The number of para-hydroxylation sites is 1. The van der Waals surface area contributed by atoms with Gasteiger partial charge in [0.1, 0.15) is 6.04 Å². The zero-order valence-corrected chi connectivity index (χ0v) is 13.8. The highest BCUT2D eigenvalue weighted by Crippen LogP contribution is 2.18. The Kier molecular flexibility index (Phi) is 5.05. The summed E-state index contributed by atoms with van der Waals surface area (Å²) in [6.45, 7) is 4.10. The lowest BCUT2D eigenvalue weighted by atomic mass is 10.1. The van der Waals surface area contributed by atoms with E-state index in [1.54, 1.807) is 4.68 Å². The number of nitrogens with zero attached hydrogens (tertiary/aromatic N) is 5. The molecule has 128 valence electrons. The summed E-state index contributed by atoms with van der Waals surface area (Å²) in [6, 6.07) is 9.24. The van der Waals surface area contributed by atoms with Crippen LogP contribution in [0.15, 0.2) is 30.3 Å². The fourth-order valence-electron chi connectivity index (χ4n) is 2.96. The third-order valence-corrected chi connectivity index (χ3v) is 4.41. The summed E-state index contributed by atoms with van der Waals surface area (Å²) in [5.41, 5.74) is 6.56. The molecule has 8 nitrogen and oxygen atoms in total. The van der Waals surface area contributed by atoms with E-state index < -0.39 is 0 Å². The van der Waals surface area contributed by atoms with Gasteiger partial charge in [-0.25, -0.2) is 0 Å². The molecule has 0 aliphatic carbocycles. The van der Waals surface area contributed by atoms with Gasteiger partial charge in [0.05, 0.1) is 5.69 Å². The number of aromatic nitrogens is 4. The number of anilines is 1. The van der Waals surface area contributed by atoms with Gasteiger partial charge in [-0.1, -0.05) is 30.2 Å². The smallest absolute Gasteiger partial charge is 0.248 e. The summed E-state index contributed by atoms with van der Waals surface area (Å²) in [5, 5.41) is 14.9. The lowest BCUT2D eigenvalue weighted by Gasteiger charge is -2.23. The summed E-state index contributed by atoms with van der Waals surface area (Å²) < 4.78 is 1.60. The highest BCUT2D eigenvalue weighted by Gasteiger charge is 2.30. The van der Waals surface area contributed by atoms with Crippen molar-refractivity contribution in [3.05, 3.63) is 30.3 Å². The summed E-state index contributed by atoms with van der Waals surface area (Å²) >= 11 is 0. The standard InChI is InChI=1S/C16H23N7O/c1-2-14(15(24)22-9-8-12(10-17)11-22)18-16-19-20-21-23(16)13-6-4-3-5-7-13/h3-7,12,14H,2,8-11,17H2,1H3,(H,18,19,21). The number of nitrogens with two attached hydrogens (primary N) is 1. The van der Waals surface area contributed by atoms with E-state index in [1.165, 1.54) is 0 Å². The summed E-state index contributed by atoms with van der Waals surface area (Å²) in [7, 11) is 0. The second kappa shape index (κ2) is 7.39. The van der Waals surface area contributed by atoms with Crippen LogP contribution in [-0.2, 0) is 4.79 Å². The van der Waals surface area contributed by atoms with Gasteiger partial charge < -0.3 is 16.0 Å². The number of nitrogens with one attached hydrogen (secondary N) is 1. The van der Waals surface area contributed by atoms with Crippen LogP contribution in [0.4, 0.5) is 5.95 Å². The minimum atomic E-state index is -0.352. The Hall–Kier alpha value is -2.48. The van der Waals surface area contributed by atoms with Crippen molar-refractivity contribution in [1.82, 2.24) is 25.1 Å². The Bertz CT molecular complexity index is 672. The predicted octanol–water partition coefficient (Wildman–Crippen LogP) is 0.660. The number of likely N-dealkylation sites (tertiary alicyclic amines) is 1. The molecule has 3 rings (SSSR count). The molecular formula is C16H23N7O. The second-order valence-corrected chi connectivity index (χ2v) is 6.03. The van der Waals surface area contributed by atoms with Gasteiger partial charge in [0.2, 0.25) is 11.9 Å². The molecule has 2 heterocycles. The van der Waals surface area contributed by atoms with Crippen molar-refractivity contribution in [3.63, 3.8) is 0 Å². The normalized spacial score (nSPS) is 18.6. The number of hydrogen-bond donors (Lipinski definition) is 2. The molecule has 0 bridgehead atoms. The molecule has 3 N–H and O–H groups in total. The van der Waals surface area contributed by atoms with Crippen LogP contribution in [0.1, 0.15) is 19.8 Å². The van der Waals surface area contributed by atoms with E-state index in [0.29, 0.717) is 24.8 Å². The zero-order valence-electron chi connectivity index (χ0n) is 13.8. The third kappa shape index (κ3) is 3.38. The largest absolute Gasteiger partial charge is 0.341 e. The quantitative estimate of drug-likeness (QED) is 0.807. The Balaban J connectivity index is 1.73. The molecule has 0 saturated carbocycles. The number of carbonyl (C=O) groups is 1. The van der Waals surface area contributed by atoms with Gasteiger partial charge in [0, 0.05) is 13.1 Å². The van der Waals surface area contributed by atoms with Gasteiger partial charge in [-0.05, 0) is 47.9 Å². The van der Waals surface area contributed by atoms with Gasteiger partial charge >= 0.3 is 0 Å². The Morgan fingerprint density at radius 1 is 1.42 bits per heavy atom. The van der Waals surface area contributed by atoms with Gasteiger partial charge in [0.15, 0.2) is 0 Å². The second-order valence-electron chi connectivity index (χ2n) is 6.03. The Morgan fingerprint density at radius 2 is 2.21 bits per heavy atom. The molecule has 2 aromatic rings. The van der Waals surface area contributed by atoms with E-state index in [-0.39, 0.29) is 11.9 Å². The van der Waals surface area contributed by atoms with Crippen molar-refractivity contribution in [1.29, 1.82) is 0 Å². The molecule has 1 aliphatic rings.